The largest absolute Gasteiger partial charge is 0.495 e. The monoisotopic (exact) mass is 504 g/mol. The molecule has 0 saturated heterocycles. The average Bonchev–Trinajstić information content (AvgIpc) is 3.05. The maximum Gasteiger partial charge on any atom is 0.261 e. The average molecular weight is 505 g/mol. The van der Waals surface area contributed by atoms with Gasteiger partial charge in [0, 0.05) is 6.54 Å². The molecule has 0 unspecified atom stereocenters. The standard InChI is InChI=1S/C23H18Cl2N2O5S/c1-32-20-9-7-15(13-27-22(28)16-4-2-3-5-17(16)23(27)29)11-21(20)33(30,31)26-12-14-6-8-18(24)19(25)10-14/h2-11,26H,12-13H2,1H3. The highest BCUT2D eigenvalue weighted by Gasteiger charge is 2.35. The summed E-state index contributed by atoms with van der Waals surface area (Å²) in [4.78, 5) is 26.3. The molecule has 33 heavy (non-hydrogen) atoms. The van der Waals surface area contributed by atoms with Gasteiger partial charge in [-0.25, -0.2) is 13.1 Å². The van der Waals surface area contributed by atoms with E-state index in [-0.39, 0.29) is 23.7 Å². The lowest BCUT2D eigenvalue weighted by molar-refractivity contribution is 0.0642. The van der Waals surface area contributed by atoms with Gasteiger partial charge in [-0.1, -0.05) is 47.5 Å². The first-order chi connectivity index (χ1) is 15.7. The maximum atomic E-state index is 13.0. The van der Waals surface area contributed by atoms with Crippen LogP contribution in [0, 0.1) is 0 Å². The zero-order valence-corrected chi connectivity index (χ0v) is 19.7. The molecule has 0 atom stereocenters. The Morgan fingerprint density at radius 3 is 2.12 bits per heavy atom. The smallest absolute Gasteiger partial charge is 0.261 e. The molecule has 0 saturated carbocycles. The lowest BCUT2D eigenvalue weighted by Gasteiger charge is -2.16. The van der Waals surface area contributed by atoms with Crippen molar-refractivity contribution in [2.24, 2.45) is 0 Å². The van der Waals surface area contributed by atoms with Gasteiger partial charge in [-0.3, -0.25) is 14.5 Å². The number of sulfonamides is 1. The first-order valence-corrected chi connectivity index (χ1v) is 12.0. The Hall–Kier alpha value is -2.91. The van der Waals surface area contributed by atoms with E-state index in [4.69, 9.17) is 27.9 Å². The van der Waals surface area contributed by atoms with Crippen molar-refractivity contribution in [3.8, 4) is 5.75 Å². The van der Waals surface area contributed by atoms with Crippen LogP contribution in [0.3, 0.4) is 0 Å². The normalized spacial score (nSPS) is 13.4. The summed E-state index contributed by atoms with van der Waals surface area (Å²) in [7, 11) is -2.64. The molecule has 1 heterocycles. The molecule has 3 aromatic carbocycles. The Balaban J connectivity index is 1.58. The number of hydrogen-bond acceptors (Lipinski definition) is 5. The molecular weight excluding hydrogens is 487 g/mol. The predicted octanol–water partition coefficient (Wildman–Crippen LogP) is 4.28. The zero-order chi connectivity index (χ0) is 23.8. The molecule has 0 aliphatic carbocycles. The van der Waals surface area contributed by atoms with E-state index in [1.54, 1.807) is 48.5 Å². The molecule has 0 spiro atoms. The molecule has 3 aromatic rings. The van der Waals surface area contributed by atoms with Gasteiger partial charge in [0.15, 0.2) is 0 Å². The lowest BCUT2D eigenvalue weighted by Crippen LogP contribution is -2.29. The third kappa shape index (κ3) is 4.60. The van der Waals surface area contributed by atoms with Crippen molar-refractivity contribution in [2.45, 2.75) is 18.0 Å². The number of rotatable bonds is 7. The second kappa shape index (κ2) is 9.15. The van der Waals surface area contributed by atoms with Gasteiger partial charge in [-0.2, -0.15) is 0 Å². The van der Waals surface area contributed by atoms with Crippen LogP contribution in [-0.4, -0.2) is 32.2 Å². The second-order valence-corrected chi connectivity index (χ2v) is 9.85. The molecule has 2 amide bonds. The van der Waals surface area contributed by atoms with Crippen LogP contribution >= 0.6 is 23.2 Å². The molecule has 0 aromatic heterocycles. The number of fused-ring (bicyclic) bond motifs is 1. The molecule has 0 radical (unpaired) electrons. The van der Waals surface area contributed by atoms with Crippen LogP contribution in [0.2, 0.25) is 10.0 Å². The quantitative estimate of drug-likeness (QED) is 0.484. The third-order valence-electron chi connectivity index (χ3n) is 5.19. The number of carbonyl (C=O) groups excluding carboxylic acids is 2. The van der Waals surface area contributed by atoms with Crippen LogP contribution in [-0.2, 0) is 23.1 Å². The van der Waals surface area contributed by atoms with Gasteiger partial charge in [0.05, 0.1) is 34.8 Å². The van der Waals surface area contributed by atoms with Crippen molar-refractivity contribution in [1.82, 2.24) is 9.62 Å². The first kappa shape index (κ1) is 23.3. The summed E-state index contributed by atoms with van der Waals surface area (Å²) in [6.45, 7) is -0.101. The number of nitrogens with zero attached hydrogens (tertiary/aromatic N) is 1. The second-order valence-electron chi connectivity index (χ2n) is 7.30. The van der Waals surface area contributed by atoms with Crippen LogP contribution in [0.4, 0.5) is 0 Å². The van der Waals surface area contributed by atoms with Crippen molar-refractivity contribution in [3.63, 3.8) is 0 Å². The van der Waals surface area contributed by atoms with Crippen LogP contribution < -0.4 is 9.46 Å². The molecule has 7 nitrogen and oxygen atoms in total. The van der Waals surface area contributed by atoms with Crippen molar-refractivity contribution in [2.75, 3.05) is 7.11 Å². The Morgan fingerprint density at radius 1 is 0.879 bits per heavy atom. The number of imide groups is 1. The number of hydrogen-bond donors (Lipinski definition) is 1. The van der Waals surface area contributed by atoms with E-state index < -0.39 is 21.8 Å². The van der Waals surface area contributed by atoms with E-state index in [1.165, 1.54) is 19.2 Å². The minimum absolute atomic E-state index is 0.0228. The van der Waals surface area contributed by atoms with Gasteiger partial charge < -0.3 is 4.74 Å². The van der Waals surface area contributed by atoms with E-state index in [1.807, 2.05) is 0 Å². The minimum Gasteiger partial charge on any atom is -0.495 e. The van der Waals surface area contributed by atoms with Gasteiger partial charge in [0.2, 0.25) is 10.0 Å². The number of amides is 2. The van der Waals surface area contributed by atoms with Crippen molar-refractivity contribution in [1.29, 1.82) is 0 Å². The highest BCUT2D eigenvalue weighted by Crippen LogP contribution is 2.29. The molecule has 1 aliphatic rings. The maximum absolute atomic E-state index is 13.0. The zero-order valence-electron chi connectivity index (χ0n) is 17.3. The molecule has 1 aliphatic heterocycles. The summed E-state index contributed by atoms with van der Waals surface area (Å²) < 4.78 is 33.8. The van der Waals surface area contributed by atoms with Crippen LogP contribution in [0.15, 0.2) is 65.6 Å². The fourth-order valence-electron chi connectivity index (χ4n) is 3.50. The number of halogens is 2. The SMILES string of the molecule is COc1ccc(CN2C(=O)c3ccccc3C2=O)cc1S(=O)(=O)NCc1ccc(Cl)c(Cl)c1. The highest BCUT2D eigenvalue weighted by molar-refractivity contribution is 7.89. The summed E-state index contributed by atoms with van der Waals surface area (Å²) in [6.07, 6.45) is 0. The number of benzene rings is 3. The topological polar surface area (TPSA) is 92.8 Å². The van der Waals surface area contributed by atoms with E-state index in [0.717, 1.165) is 4.90 Å². The first-order valence-electron chi connectivity index (χ1n) is 9.77. The van der Waals surface area contributed by atoms with Gasteiger partial charge >= 0.3 is 0 Å². The molecular formula is C23H18Cl2N2O5S. The molecule has 0 bridgehead atoms. The number of nitrogens with one attached hydrogen (secondary N) is 1. The van der Waals surface area contributed by atoms with Gasteiger partial charge in [-0.05, 0) is 47.5 Å². The number of carbonyl (C=O) groups is 2. The highest BCUT2D eigenvalue weighted by atomic mass is 35.5. The fourth-order valence-corrected chi connectivity index (χ4v) is 5.06. The summed E-state index contributed by atoms with van der Waals surface area (Å²) in [5.74, 6) is -0.718. The van der Waals surface area contributed by atoms with Crippen LogP contribution in [0.5, 0.6) is 5.75 Å². The number of methoxy groups -OCH3 is 1. The van der Waals surface area contributed by atoms with Gasteiger partial charge in [-0.15, -0.1) is 0 Å². The number of ether oxygens (including phenoxy) is 1. The molecule has 0 fully saturated rings. The van der Waals surface area contributed by atoms with Crippen molar-refractivity contribution in [3.05, 3.63) is 93.0 Å². The Labute approximate surface area is 200 Å². The van der Waals surface area contributed by atoms with Crippen LogP contribution in [0.1, 0.15) is 31.8 Å². The van der Waals surface area contributed by atoms with Crippen molar-refractivity contribution >= 4 is 45.0 Å². The summed E-state index contributed by atoms with van der Waals surface area (Å²) >= 11 is 11.9. The third-order valence-corrected chi connectivity index (χ3v) is 7.35. The van der Waals surface area contributed by atoms with E-state index in [0.29, 0.717) is 32.3 Å². The summed E-state index contributed by atoms with van der Waals surface area (Å²) in [5.41, 5.74) is 1.73. The fraction of sp³-hybridized carbons (Fsp3) is 0.130. The minimum atomic E-state index is -4.00. The summed E-state index contributed by atoms with van der Waals surface area (Å²) in [5, 5.41) is 0.680. The predicted molar refractivity (Wildman–Crippen MR) is 124 cm³/mol. The summed E-state index contributed by atoms with van der Waals surface area (Å²) in [6, 6.07) is 15.8. The lowest BCUT2D eigenvalue weighted by atomic mass is 10.1. The van der Waals surface area contributed by atoms with E-state index in [2.05, 4.69) is 4.72 Å². The van der Waals surface area contributed by atoms with Gasteiger partial charge in [0.1, 0.15) is 10.6 Å². The Kier molecular flexibility index (Phi) is 6.45. The van der Waals surface area contributed by atoms with E-state index in [9.17, 15) is 18.0 Å². The molecule has 170 valence electrons. The molecule has 4 rings (SSSR count). The van der Waals surface area contributed by atoms with E-state index >= 15 is 0 Å². The van der Waals surface area contributed by atoms with Crippen molar-refractivity contribution < 1.29 is 22.7 Å². The van der Waals surface area contributed by atoms with Gasteiger partial charge in [0.25, 0.3) is 11.8 Å². The molecule has 10 heteroatoms. The Morgan fingerprint density at radius 2 is 1.52 bits per heavy atom. The van der Waals surface area contributed by atoms with Crippen LogP contribution in [0.25, 0.3) is 0 Å². The Bertz CT molecular complexity index is 1340. The molecule has 1 N–H and O–H groups in total.